The molecule has 1 aliphatic carbocycles. The lowest BCUT2D eigenvalue weighted by Gasteiger charge is -2.49. The van der Waals surface area contributed by atoms with Crippen LogP contribution in [0, 0.1) is 5.92 Å². The second kappa shape index (κ2) is 8.87. The van der Waals surface area contributed by atoms with Crippen LogP contribution in [0.1, 0.15) is 60.0 Å². The smallest absolute Gasteiger partial charge is 0.324 e. The molecule has 4 atom stereocenters. The summed E-state index contributed by atoms with van der Waals surface area (Å²) >= 11 is 0. The van der Waals surface area contributed by atoms with E-state index >= 15 is 0 Å². The number of carboxylic acids is 1. The summed E-state index contributed by atoms with van der Waals surface area (Å²) in [6.45, 7) is 2.08. The van der Waals surface area contributed by atoms with Gasteiger partial charge in [0, 0.05) is 29.6 Å². The molecule has 1 saturated carbocycles. The Balaban J connectivity index is 1.86. The van der Waals surface area contributed by atoms with E-state index in [1.54, 1.807) is 7.05 Å². The Labute approximate surface area is 188 Å². The third kappa shape index (κ3) is 3.43. The number of aryl methyl sites for hydroxylation is 1. The van der Waals surface area contributed by atoms with Gasteiger partial charge >= 0.3 is 5.97 Å². The van der Waals surface area contributed by atoms with Gasteiger partial charge < -0.3 is 20.1 Å². The molecule has 1 heterocycles. The van der Waals surface area contributed by atoms with Crippen LogP contribution in [0.15, 0.2) is 48.5 Å². The average Bonchev–Trinajstić information content (AvgIpc) is 3.29. The number of aliphatic carboxylic acids is 1. The molecule has 1 fully saturated rings. The van der Waals surface area contributed by atoms with Crippen molar-refractivity contribution in [1.82, 2.24) is 5.32 Å². The van der Waals surface area contributed by atoms with Gasteiger partial charge in [0.05, 0.1) is 0 Å². The standard InChI is InChI=1S/C26H30N2O4/c1-3-17-11-13-18(14-12-17)24(30)28-21-9-5-4-7-19(21)23(20-8-6-10-22(20)28)26(27-2,15-16-29)25(31)32/h4-5,7,9,11-14,16,20,22-23,27H,3,6,8,10,15H2,1-2H3,(H,31,32). The average molecular weight is 435 g/mol. The lowest BCUT2D eigenvalue weighted by atomic mass is 9.65. The van der Waals surface area contributed by atoms with Gasteiger partial charge in [-0.2, -0.15) is 0 Å². The molecule has 0 saturated heterocycles. The van der Waals surface area contributed by atoms with E-state index in [4.69, 9.17) is 0 Å². The van der Waals surface area contributed by atoms with Crippen LogP contribution in [0.5, 0.6) is 0 Å². The molecule has 6 heteroatoms. The van der Waals surface area contributed by atoms with Crippen LogP contribution in [0.3, 0.4) is 0 Å². The molecule has 2 aromatic rings. The molecule has 168 valence electrons. The van der Waals surface area contributed by atoms with Crippen molar-refractivity contribution in [2.75, 3.05) is 11.9 Å². The minimum atomic E-state index is -1.41. The van der Waals surface area contributed by atoms with Crippen molar-refractivity contribution >= 4 is 23.9 Å². The summed E-state index contributed by atoms with van der Waals surface area (Å²) in [5, 5.41) is 13.2. The molecule has 4 rings (SSSR count). The molecule has 0 aromatic heterocycles. The van der Waals surface area contributed by atoms with Gasteiger partial charge in [0.25, 0.3) is 5.91 Å². The fourth-order valence-corrected chi connectivity index (χ4v) is 5.81. The highest BCUT2D eigenvalue weighted by Gasteiger charge is 2.56. The molecule has 6 nitrogen and oxygen atoms in total. The van der Waals surface area contributed by atoms with Gasteiger partial charge in [-0.25, -0.2) is 0 Å². The lowest BCUT2D eigenvalue weighted by molar-refractivity contribution is -0.148. The number of carbonyl (C=O) groups excluding carboxylic acids is 2. The Kier molecular flexibility index (Phi) is 6.15. The summed E-state index contributed by atoms with van der Waals surface area (Å²) < 4.78 is 0. The summed E-state index contributed by atoms with van der Waals surface area (Å²) in [7, 11) is 1.61. The molecular formula is C26H30N2O4. The highest BCUT2D eigenvalue weighted by molar-refractivity contribution is 6.07. The summed E-state index contributed by atoms with van der Waals surface area (Å²) in [5.41, 5.74) is 1.95. The van der Waals surface area contributed by atoms with E-state index < -0.39 is 17.4 Å². The van der Waals surface area contributed by atoms with Crippen LogP contribution >= 0.6 is 0 Å². The molecule has 32 heavy (non-hydrogen) atoms. The summed E-state index contributed by atoms with van der Waals surface area (Å²) in [6, 6.07) is 15.2. The molecule has 0 bridgehead atoms. The lowest BCUT2D eigenvalue weighted by Crippen LogP contribution is -2.61. The molecule has 0 radical (unpaired) electrons. The maximum atomic E-state index is 13.7. The number of carbonyl (C=O) groups is 3. The summed E-state index contributed by atoms with van der Waals surface area (Å²) in [5.74, 6) is -1.55. The fraction of sp³-hybridized carbons (Fsp3) is 0.423. The fourth-order valence-electron chi connectivity index (χ4n) is 5.81. The summed E-state index contributed by atoms with van der Waals surface area (Å²) in [4.78, 5) is 39.7. The van der Waals surface area contributed by atoms with E-state index in [9.17, 15) is 19.5 Å². The number of hydrogen-bond donors (Lipinski definition) is 2. The van der Waals surface area contributed by atoms with Crippen molar-refractivity contribution in [3.63, 3.8) is 0 Å². The SMILES string of the molecule is CCc1ccc(C(=O)N2c3ccccc3C(C(CC=O)(NC)C(=O)O)C3CCCC32)cc1. The van der Waals surface area contributed by atoms with E-state index in [0.717, 1.165) is 36.9 Å². The van der Waals surface area contributed by atoms with Crippen LogP contribution in [0.4, 0.5) is 5.69 Å². The number of carboxylic acid groups (broad SMARTS) is 1. The quantitative estimate of drug-likeness (QED) is 0.648. The topological polar surface area (TPSA) is 86.7 Å². The van der Waals surface area contributed by atoms with Crippen molar-refractivity contribution in [3.05, 3.63) is 65.2 Å². The predicted octanol–water partition coefficient (Wildman–Crippen LogP) is 3.79. The zero-order valence-corrected chi connectivity index (χ0v) is 18.6. The second-order valence-electron chi connectivity index (χ2n) is 8.82. The first kappa shape index (κ1) is 22.2. The first-order valence-corrected chi connectivity index (χ1v) is 11.4. The van der Waals surface area contributed by atoms with Crippen molar-refractivity contribution in [1.29, 1.82) is 0 Å². The van der Waals surface area contributed by atoms with Crippen LogP contribution in [-0.4, -0.2) is 41.9 Å². The first-order valence-electron chi connectivity index (χ1n) is 11.4. The molecule has 2 N–H and O–H groups in total. The zero-order valence-electron chi connectivity index (χ0n) is 18.6. The van der Waals surface area contributed by atoms with Crippen molar-refractivity contribution < 1.29 is 19.5 Å². The Hall–Kier alpha value is -2.99. The van der Waals surface area contributed by atoms with Gasteiger partial charge in [-0.05, 0) is 61.6 Å². The minimum Gasteiger partial charge on any atom is -0.480 e. The van der Waals surface area contributed by atoms with Gasteiger partial charge in [-0.1, -0.05) is 43.7 Å². The van der Waals surface area contributed by atoms with Crippen LogP contribution < -0.4 is 10.2 Å². The molecule has 2 aliphatic rings. The monoisotopic (exact) mass is 434 g/mol. The molecule has 1 aliphatic heterocycles. The molecule has 1 amide bonds. The van der Waals surface area contributed by atoms with Gasteiger partial charge in [-0.15, -0.1) is 0 Å². The molecule has 2 aromatic carbocycles. The maximum absolute atomic E-state index is 13.7. The Morgan fingerprint density at radius 1 is 1.16 bits per heavy atom. The van der Waals surface area contributed by atoms with E-state index in [1.807, 2.05) is 53.4 Å². The number of likely N-dealkylation sites (N-methyl/N-ethyl adjacent to an activating group) is 1. The third-order valence-electron chi connectivity index (χ3n) is 7.41. The Morgan fingerprint density at radius 3 is 2.50 bits per heavy atom. The van der Waals surface area contributed by atoms with Crippen molar-refractivity contribution in [3.8, 4) is 0 Å². The maximum Gasteiger partial charge on any atom is 0.324 e. The number of rotatable bonds is 7. The van der Waals surface area contributed by atoms with Crippen molar-refractivity contribution in [2.24, 2.45) is 5.92 Å². The van der Waals surface area contributed by atoms with Crippen LogP contribution in [0.25, 0.3) is 0 Å². The van der Waals surface area contributed by atoms with Gasteiger partial charge in [0.1, 0.15) is 11.8 Å². The molecular weight excluding hydrogens is 404 g/mol. The Bertz CT molecular complexity index is 1020. The molecule has 0 spiro atoms. The Morgan fingerprint density at radius 2 is 1.88 bits per heavy atom. The van der Waals surface area contributed by atoms with Crippen LogP contribution in [0.2, 0.25) is 0 Å². The van der Waals surface area contributed by atoms with E-state index in [-0.39, 0.29) is 24.3 Å². The number of hydrogen-bond acceptors (Lipinski definition) is 4. The van der Waals surface area contributed by atoms with Crippen LogP contribution in [-0.2, 0) is 16.0 Å². The van der Waals surface area contributed by atoms with Gasteiger partial charge in [0.15, 0.2) is 0 Å². The second-order valence-corrected chi connectivity index (χ2v) is 8.82. The highest BCUT2D eigenvalue weighted by Crippen LogP contribution is 2.53. The van der Waals surface area contributed by atoms with Crippen molar-refractivity contribution in [2.45, 2.75) is 56.5 Å². The predicted molar refractivity (Wildman–Crippen MR) is 123 cm³/mol. The minimum absolute atomic E-state index is 0.0488. The number of amides is 1. The number of nitrogens with one attached hydrogen (secondary N) is 1. The number of anilines is 1. The number of benzene rings is 2. The zero-order chi connectivity index (χ0) is 22.9. The first-order chi connectivity index (χ1) is 15.5. The number of nitrogens with zero attached hydrogens (tertiary/aromatic N) is 1. The van der Waals surface area contributed by atoms with Gasteiger partial charge in [-0.3, -0.25) is 9.59 Å². The highest BCUT2D eigenvalue weighted by atomic mass is 16.4. The van der Waals surface area contributed by atoms with Gasteiger partial charge in [0.2, 0.25) is 0 Å². The van der Waals surface area contributed by atoms with E-state index in [1.165, 1.54) is 5.56 Å². The largest absolute Gasteiger partial charge is 0.480 e. The third-order valence-corrected chi connectivity index (χ3v) is 7.41. The number of fused-ring (bicyclic) bond motifs is 2. The number of aldehydes is 1. The summed E-state index contributed by atoms with van der Waals surface area (Å²) in [6.07, 6.45) is 4.01. The van der Waals surface area contributed by atoms with E-state index in [2.05, 4.69) is 12.2 Å². The number of para-hydroxylation sites is 1. The molecule has 4 unspecified atom stereocenters. The normalized spacial score (nSPS) is 23.7. The van der Waals surface area contributed by atoms with E-state index in [0.29, 0.717) is 11.8 Å².